The maximum Gasteiger partial charge on any atom is 0.339 e. The first kappa shape index (κ1) is 21.7. The molecule has 0 spiro atoms. The third-order valence-corrected chi connectivity index (χ3v) is 5.21. The molecule has 2 aromatic carbocycles. The molecule has 0 aliphatic rings. The second kappa shape index (κ2) is 11.3. The predicted molar refractivity (Wildman–Crippen MR) is 110 cm³/mol. The average Bonchev–Trinajstić information content (AvgIpc) is 2.70. The van der Waals surface area contributed by atoms with Gasteiger partial charge in [-0.15, -0.1) is 11.8 Å². The summed E-state index contributed by atoms with van der Waals surface area (Å²) in [6.07, 6.45) is 1.66. The number of esters is 1. The first-order valence-electron chi connectivity index (χ1n) is 9.17. The highest BCUT2D eigenvalue weighted by atomic mass is 32.2. The summed E-state index contributed by atoms with van der Waals surface area (Å²) in [5.41, 5.74) is 1.58. The lowest BCUT2D eigenvalue weighted by Crippen LogP contribution is -2.36. The number of hydrogen-bond donors (Lipinski definition) is 1. The van der Waals surface area contributed by atoms with Crippen LogP contribution in [0.3, 0.4) is 0 Å². The SMILES string of the molecule is CC(=O)CSc1ccccc1C(=O)OCC(=O)N[C@@H](C)CCc1ccccc1. The predicted octanol–water partition coefficient (Wildman–Crippen LogP) is 3.66. The van der Waals surface area contributed by atoms with E-state index in [1.807, 2.05) is 25.1 Å². The molecular formula is C22H25NO4S. The molecule has 0 aliphatic carbocycles. The van der Waals surface area contributed by atoms with Gasteiger partial charge in [-0.2, -0.15) is 0 Å². The fraction of sp³-hybridized carbons (Fsp3) is 0.318. The number of thioether (sulfide) groups is 1. The summed E-state index contributed by atoms with van der Waals surface area (Å²) < 4.78 is 5.15. The smallest absolute Gasteiger partial charge is 0.339 e. The zero-order valence-corrected chi connectivity index (χ0v) is 17.0. The molecule has 0 aromatic heterocycles. The molecule has 0 saturated carbocycles. The van der Waals surface area contributed by atoms with Crippen molar-refractivity contribution in [2.24, 2.45) is 0 Å². The third-order valence-electron chi connectivity index (χ3n) is 3.99. The minimum atomic E-state index is -0.571. The van der Waals surface area contributed by atoms with Crippen LogP contribution in [0.4, 0.5) is 0 Å². The summed E-state index contributed by atoms with van der Waals surface area (Å²) in [5, 5.41) is 2.85. The summed E-state index contributed by atoms with van der Waals surface area (Å²) in [4.78, 5) is 36.2. The molecule has 5 nitrogen and oxygen atoms in total. The van der Waals surface area contributed by atoms with Gasteiger partial charge in [0.2, 0.25) is 0 Å². The summed E-state index contributed by atoms with van der Waals surface area (Å²) in [7, 11) is 0. The molecule has 0 fully saturated rings. The number of rotatable bonds is 10. The van der Waals surface area contributed by atoms with Crippen LogP contribution in [0.15, 0.2) is 59.5 Å². The molecule has 1 N–H and O–H groups in total. The monoisotopic (exact) mass is 399 g/mol. The van der Waals surface area contributed by atoms with Gasteiger partial charge in [0.15, 0.2) is 6.61 Å². The van der Waals surface area contributed by atoms with Crippen LogP contribution in [0.25, 0.3) is 0 Å². The summed E-state index contributed by atoms with van der Waals surface area (Å²) in [6.45, 7) is 3.09. The Hall–Kier alpha value is -2.60. The maximum atomic E-state index is 12.3. The summed E-state index contributed by atoms with van der Waals surface area (Å²) in [6, 6.07) is 16.9. The van der Waals surface area contributed by atoms with Gasteiger partial charge in [-0.1, -0.05) is 42.5 Å². The highest BCUT2D eigenvalue weighted by Crippen LogP contribution is 2.23. The fourth-order valence-electron chi connectivity index (χ4n) is 2.57. The molecule has 0 radical (unpaired) electrons. The Bertz CT molecular complexity index is 807. The van der Waals surface area contributed by atoms with Gasteiger partial charge in [-0.05, 0) is 44.4 Å². The van der Waals surface area contributed by atoms with E-state index in [2.05, 4.69) is 17.4 Å². The van der Waals surface area contributed by atoms with E-state index in [0.717, 1.165) is 12.8 Å². The average molecular weight is 400 g/mol. The number of ether oxygens (including phenoxy) is 1. The molecule has 2 aromatic rings. The van der Waals surface area contributed by atoms with Crippen LogP contribution in [0.5, 0.6) is 0 Å². The van der Waals surface area contributed by atoms with Crippen molar-refractivity contribution in [2.45, 2.75) is 37.6 Å². The van der Waals surface area contributed by atoms with Crippen molar-refractivity contribution in [3.8, 4) is 0 Å². The van der Waals surface area contributed by atoms with Crippen LogP contribution in [-0.4, -0.2) is 36.1 Å². The normalized spacial score (nSPS) is 11.5. The topological polar surface area (TPSA) is 72.5 Å². The highest BCUT2D eigenvalue weighted by molar-refractivity contribution is 8.00. The van der Waals surface area contributed by atoms with Gasteiger partial charge in [0, 0.05) is 10.9 Å². The van der Waals surface area contributed by atoms with Crippen LogP contribution >= 0.6 is 11.8 Å². The fourth-order valence-corrected chi connectivity index (χ4v) is 3.41. The van der Waals surface area contributed by atoms with Crippen LogP contribution < -0.4 is 5.32 Å². The van der Waals surface area contributed by atoms with E-state index in [9.17, 15) is 14.4 Å². The Kier molecular flexibility index (Phi) is 8.75. The lowest BCUT2D eigenvalue weighted by molar-refractivity contribution is -0.124. The molecule has 6 heteroatoms. The molecule has 1 amide bonds. The van der Waals surface area contributed by atoms with Gasteiger partial charge in [-0.3, -0.25) is 9.59 Å². The second-order valence-corrected chi connectivity index (χ2v) is 7.57. The van der Waals surface area contributed by atoms with E-state index in [-0.39, 0.29) is 30.1 Å². The minimum Gasteiger partial charge on any atom is -0.452 e. The van der Waals surface area contributed by atoms with Gasteiger partial charge in [-0.25, -0.2) is 4.79 Å². The molecule has 0 heterocycles. The standard InChI is InChI=1S/C22H25NO4S/c1-16(12-13-18-8-4-3-5-9-18)23-21(25)14-27-22(26)19-10-6-7-11-20(19)28-15-17(2)24/h3-11,16H,12-15H2,1-2H3,(H,23,25)/t16-/m0/s1. The van der Waals surface area contributed by atoms with E-state index in [0.29, 0.717) is 10.5 Å². The van der Waals surface area contributed by atoms with E-state index >= 15 is 0 Å². The van der Waals surface area contributed by atoms with Crippen molar-refractivity contribution in [3.63, 3.8) is 0 Å². The van der Waals surface area contributed by atoms with Crippen molar-refractivity contribution in [2.75, 3.05) is 12.4 Å². The number of carbonyl (C=O) groups is 3. The van der Waals surface area contributed by atoms with Crippen molar-refractivity contribution in [1.29, 1.82) is 0 Å². The molecule has 148 valence electrons. The Morgan fingerprint density at radius 3 is 2.43 bits per heavy atom. The second-order valence-electron chi connectivity index (χ2n) is 6.56. The van der Waals surface area contributed by atoms with Crippen LogP contribution in [0.1, 0.15) is 36.2 Å². The first-order valence-corrected chi connectivity index (χ1v) is 10.2. The number of Topliss-reactive ketones (excluding diaryl/α,β-unsaturated/α-hetero) is 1. The molecular weight excluding hydrogens is 374 g/mol. The van der Waals surface area contributed by atoms with Crippen LogP contribution in [-0.2, 0) is 20.7 Å². The molecule has 2 rings (SSSR count). The zero-order valence-electron chi connectivity index (χ0n) is 16.1. The van der Waals surface area contributed by atoms with Crippen molar-refractivity contribution >= 4 is 29.4 Å². The van der Waals surface area contributed by atoms with E-state index in [1.54, 1.807) is 24.3 Å². The first-order chi connectivity index (χ1) is 13.5. The molecule has 28 heavy (non-hydrogen) atoms. The van der Waals surface area contributed by atoms with Gasteiger partial charge in [0.25, 0.3) is 5.91 Å². The number of carbonyl (C=O) groups excluding carboxylic acids is 3. The molecule has 0 unspecified atom stereocenters. The number of aryl methyl sites for hydroxylation is 1. The largest absolute Gasteiger partial charge is 0.452 e. The third kappa shape index (κ3) is 7.56. The Morgan fingerprint density at radius 1 is 1.04 bits per heavy atom. The van der Waals surface area contributed by atoms with Crippen molar-refractivity contribution in [1.82, 2.24) is 5.32 Å². The molecule has 0 bridgehead atoms. The van der Waals surface area contributed by atoms with Gasteiger partial charge >= 0.3 is 5.97 Å². The van der Waals surface area contributed by atoms with Gasteiger partial charge in [0.05, 0.1) is 11.3 Å². The van der Waals surface area contributed by atoms with Gasteiger partial charge in [0.1, 0.15) is 5.78 Å². The lowest BCUT2D eigenvalue weighted by Gasteiger charge is -2.14. The number of benzene rings is 2. The Labute approximate surface area is 169 Å². The van der Waals surface area contributed by atoms with Crippen LogP contribution in [0, 0.1) is 0 Å². The van der Waals surface area contributed by atoms with Gasteiger partial charge < -0.3 is 10.1 Å². The maximum absolute atomic E-state index is 12.3. The van der Waals surface area contributed by atoms with Crippen molar-refractivity contribution in [3.05, 3.63) is 65.7 Å². The molecule has 1 atom stereocenters. The summed E-state index contributed by atoms with van der Waals surface area (Å²) in [5.74, 6) is -0.595. The number of ketones is 1. The van der Waals surface area contributed by atoms with E-state index in [4.69, 9.17) is 4.74 Å². The zero-order chi connectivity index (χ0) is 20.4. The Balaban J connectivity index is 1.79. The quantitative estimate of drug-likeness (QED) is 0.488. The van der Waals surface area contributed by atoms with Crippen molar-refractivity contribution < 1.29 is 19.1 Å². The highest BCUT2D eigenvalue weighted by Gasteiger charge is 2.16. The lowest BCUT2D eigenvalue weighted by atomic mass is 10.1. The Morgan fingerprint density at radius 2 is 1.71 bits per heavy atom. The number of amides is 1. The molecule has 0 saturated heterocycles. The minimum absolute atomic E-state index is 0.0233. The molecule has 0 aliphatic heterocycles. The summed E-state index contributed by atoms with van der Waals surface area (Å²) >= 11 is 1.28. The van der Waals surface area contributed by atoms with E-state index < -0.39 is 5.97 Å². The van der Waals surface area contributed by atoms with Crippen LogP contribution in [0.2, 0.25) is 0 Å². The number of hydrogen-bond acceptors (Lipinski definition) is 5. The van der Waals surface area contributed by atoms with E-state index in [1.165, 1.54) is 24.2 Å². The number of nitrogens with one attached hydrogen (secondary N) is 1.